The molecule has 0 saturated carbocycles. The lowest BCUT2D eigenvalue weighted by Gasteiger charge is -2.17. The van der Waals surface area contributed by atoms with Crippen molar-refractivity contribution in [2.24, 2.45) is 0 Å². The predicted octanol–water partition coefficient (Wildman–Crippen LogP) is 2.95. The maximum absolute atomic E-state index is 12.1. The first-order valence-corrected chi connectivity index (χ1v) is 7.33. The number of carbonyl (C=O) groups excluding carboxylic acids is 2. The number of anilines is 1. The number of likely N-dealkylation sites (N-methyl/N-ethyl adjacent to an activating group) is 1. The van der Waals surface area contributed by atoms with Crippen molar-refractivity contribution in [1.29, 1.82) is 0 Å². The molecule has 2 rings (SSSR count). The number of nitrogens with one attached hydrogen (secondary N) is 1. The van der Waals surface area contributed by atoms with Crippen LogP contribution >= 0.6 is 11.6 Å². The number of amides is 2. The smallest absolute Gasteiger partial charge is 0.313 e. The van der Waals surface area contributed by atoms with E-state index in [1.54, 1.807) is 19.2 Å². The van der Waals surface area contributed by atoms with Crippen LogP contribution in [0.3, 0.4) is 0 Å². The number of ether oxygens (including phenoxy) is 1. The average molecular weight is 333 g/mol. The number of hydrogen-bond acceptors (Lipinski definition) is 3. The third kappa shape index (κ3) is 4.47. The van der Waals surface area contributed by atoms with Crippen molar-refractivity contribution >= 4 is 29.1 Å². The largest absolute Gasteiger partial charge is 0.495 e. The number of carbonyl (C=O) groups is 2. The third-order valence-electron chi connectivity index (χ3n) is 3.21. The maximum Gasteiger partial charge on any atom is 0.313 e. The molecular formula is C17H17ClN2O3. The molecule has 0 radical (unpaired) electrons. The Kier molecular flexibility index (Phi) is 5.60. The Morgan fingerprint density at radius 2 is 1.87 bits per heavy atom. The van der Waals surface area contributed by atoms with Gasteiger partial charge in [-0.3, -0.25) is 9.59 Å². The molecule has 0 fully saturated rings. The SMILES string of the molecule is COc1ccc(NC(=O)C(=O)N(C)Cc2ccccc2)cc1Cl. The minimum absolute atomic E-state index is 0.357. The summed E-state index contributed by atoms with van der Waals surface area (Å²) in [7, 11) is 3.08. The molecule has 2 aromatic rings. The maximum atomic E-state index is 12.1. The van der Waals surface area contributed by atoms with Gasteiger partial charge >= 0.3 is 11.8 Å². The molecule has 5 nitrogen and oxygen atoms in total. The summed E-state index contributed by atoms with van der Waals surface area (Å²) in [4.78, 5) is 25.5. The second-order valence-corrected chi connectivity index (χ2v) is 5.36. The Hall–Kier alpha value is -2.53. The first-order chi connectivity index (χ1) is 11.0. The van der Waals surface area contributed by atoms with Gasteiger partial charge in [-0.05, 0) is 23.8 Å². The van der Waals surface area contributed by atoms with Crippen molar-refractivity contribution in [3.8, 4) is 5.75 Å². The zero-order valence-electron chi connectivity index (χ0n) is 12.9. The van der Waals surface area contributed by atoms with E-state index >= 15 is 0 Å². The van der Waals surface area contributed by atoms with Gasteiger partial charge in [-0.1, -0.05) is 41.9 Å². The lowest BCUT2D eigenvalue weighted by atomic mass is 10.2. The van der Waals surface area contributed by atoms with Crippen molar-refractivity contribution < 1.29 is 14.3 Å². The molecule has 1 N–H and O–H groups in total. The van der Waals surface area contributed by atoms with E-state index in [9.17, 15) is 9.59 Å². The van der Waals surface area contributed by atoms with Gasteiger partial charge in [0.15, 0.2) is 0 Å². The molecule has 6 heteroatoms. The Bertz CT molecular complexity index is 704. The second-order valence-electron chi connectivity index (χ2n) is 4.95. The van der Waals surface area contributed by atoms with Gasteiger partial charge in [-0.25, -0.2) is 0 Å². The van der Waals surface area contributed by atoms with Crippen LogP contribution in [0, 0.1) is 0 Å². The van der Waals surface area contributed by atoms with Crippen LogP contribution in [0.1, 0.15) is 5.56 Å². The molecule has 0 spiro atoms. The van der Waals surface area contributed by atoms with Gasteiger partial charge in [0.1, 0.15) is 5.75 Å². The van der Waals surface area contributed by atoms with Gasteiger partial charge in [0.25, 0.3) is 0 Å². The molecule has 0 aliphatic heterocycles. The highest BCUT2D eigenvalue weighted by Crippen LogP contribution is 2.27. The number of benzene rings is 2. The zero-order valence-corrected chi connectivity index (χ0v) is 13.6. The van der Waals surface area contributed by atoms with Gasteiger partial charge in [0, 0.05) is 19.3 Å². The molecule has 0 unspecified atom stereocenters. The van der Waals surface area contributed by atoms with Crippen LogP contribution in [0.2, 0.25) is 5.02 Å². The Morgan fingerprint density at radius 1 is 1.17 bits per heavy atom. The molecule has 0 aliphatic carbocycles. The molecule has 0 aliphatic rings. The zero-order chi connectivity index (χ0) is 16.8. The summed E-state index contributed by atoms with van der Waals surface area (Å²) in [5, 5.41) is 2.89. The normalized spacial score (nSPS) is 10.0. The fourth-order valence-corrected chi connectivity index (χ4v) is 2.29. The van der Waals surface area contributed by atoms with E-state index in [2.05, 4.69) is 5.32 Å². The van der Waals surface area contributed by atoms with Crippen LogP contribution in [0.25, 0.3) is 0 Å². The minimum Gasteiger partial charge on any atom is -0.495 e. The predicted molar refractivity (Wildman–Crippen MR) is 89.5 cm³/mol. The van der Waals surface area contributed by atoms with E-state index in [1.807, 2.05) is 30.3 Å². The van der Waals surface area contributed by atoms with E-state index < -0.39 is 11.8 Å². The number of halogens is 1. The summed E-state index contributed by atoms with van der Waals surface area (Å²) in [6.45, 7) is 0.358. The monoisotopic (exact) mass is 332 g/mol. The standard InChI is InChI=1S/C17H17ClN2O3/c1-20(11-12-6-4-3-5-7-12)17(22)16(21)19-13-8-9-15(23-2)14(18)10-13/h3-10H,11H2,1-2H3,(H,19,21). The van der Waals surface area contributed by atoms with Gasteiger partial charge in [0.05, 0.1) is 12.1 Å². The van der Waals surface area contributed by atoms with E-state index in [1.165, 1.54) is 18.1 Å². The van der Waals surface area contributed by atoms with Crippen molar-refractivity contribution in [3.63, 3.8) is 0 Å². The number of methoxy groups -OCH3 is 1. The molecule has 120 valence electrons. The van der Waals surface area contributed by atoms with Gasteiger partial charge in [-0.2, -0.15) is 0 Å². The van der Waals surface area contributed by atoms with Crippen LogP contribution in [-0.4, -0.2) is 30.9 Å². The highest BCUT2D eigenvalue weighted by atomic mass is 35.5. The fourth-order valence-electron chi connectivity index (χ4n) is 2.03. The first-order valence-electron chi connectivity index (χ1n) is 6.95. The number of nitrogens with zero attached hydrogens (tertiary/aromatic N) is 1. The average Bonchev–Trinajstić information content (AvgIpc) is 2.55. The molecule has 0 aromatic heterocycles. The summed E-state index contributed by atoms with van der Waals surface area (Å²) in [5.41, 5.74) is 1.38. The lowest BCUT2D eigenvalue weighted by molar-refractivity contribution is -0.142. The molecule has 2 amide bonds. The molecule has 2 aromatic carbocycles. The van der Waals surface area contributed by atoms with Crippen LogP contribution in [0.4, 0.5) is 5.69 Å². The van der Waals surface area contributed by atoms with E-state index in [0.29, 0.717) is 23.0 Å². The second kappa shape index (κ2) is 7.65. The Labute approximate surface area is 139 Å². The summed E-state index contributed by atoms with van der Waals surface area (Å²) in [6, 6.07) is 14.2. The summed E-state index contributed by atoms with van der Waals surface area (Å²) >= 11 is 5.99. The molecule has 0 heterocycles. The quantitative estimate of drug-likeness (QED) is 0.876. The van der Waals surface area contributed by atoms with Crippen molar-refractivity contribution in [2.45, 2.75) is 6.54 Å². The third-order valence-corrected chi connectivity index (χ3v) is 3.51. The lowest BCUT2D eigenvalue weighted by Crippen LogP contribution is -2.36. The van der Waals surface area contributed by atoms with E-state index in [4.69, 9.17) is 16.3 Å². The fraction of sp³-hybridized carbons (Fsp3) is 0.176. The summed E-state index contributed by atoms with van der Waals surface area (Å²) in [6.07, 6.45) is 0. The van der Waals surface area contributed by atoms with Crippen molar-refractivity contribution in [3.05, 3.63) is 59.1 Å². The van der Waals surface area contributed by atoms with Crippen LogP contribution < -0.4 is 10.1 Å². The number of hydrogen-bond donors (Lipinski definition) is 1. The topological polar surface area (TPSA) is 58.6 Å². The van der Waals surface area contributed by atoms with Crippen LogP contribution in [0.15, 0.2) is 48.5 Å². The van der Waals surface area contributed by atoms with Crippen LogP contribution in [0.5, 0.6) is 5.75 Å². The highest BCUT2D eigenvalue weighted by Gasteiger charge is 2.19. The summed E-state index contributed by atoms with van der Waals surface area (Å²) < 4.78 is 5.04. The molecular weight excluding hydrogens is 316 g/mol. The van der Waals surface area contributed by atoms with Crippen molar-refractivity contribution in [1.82, 2.24) is 4.90 Å². The first kappa shape index (κ1) is 16.8. The van der Waals surface area contributed by atoms with Gasteiger partial charge in [0.2, 0.25) is 0 Å². The highest BCUT2D eigenvalue weighted by molar-refractivity contribution is 6.39. The van der Waals surface area contributed by atoms with Gasteiger partial charge in [-0.15, -0.1) is 0 Å². The van der Waals surface area contributed by atoms with Gasteiger partial charge < -0.3 is 15.0 Å². The van der Waals surface area contributed by atoms with Crippen molar-refractivity contribution in [2.75, 3.05) is 19.5 Å². The molecule has 0 saturated heterocycles. The number of rotatable bonds is 4. The Balaban J connectivity index is 1.99. The summed E-state index contributed by atoms with van der Waals surface area (Å²) in [5.74, 6) is -0.845. The molecule has 0 atom stereocenters. The van der Waals surface area contributed by atoms with E-state index in [0.717, 1.165) is 5.56 Å². The van der Waals surface area contributed by atoms with Crippen LogP contribution in [-0.2, 0) is 16.1 Å². The van der Waals surface area contributed by atoms with E-state index in [-0.39, 0.29) is 0 Å². The minimum atomic E-state index is -0.718. The molecule has 0 bridgehead atoms. The Morgan fingerprint density at radius 3 is 2.48 bits per heavy atom. The molecule has 23 heavy (non-hydrogen) atoms.